The topological polar surface area (TPSA) is 55.6 Å². The monoisotopic (exact) mass is 266 g/mol. The van der Waals surface area contributed by atoms with Gasteiger partial charge in [0.05, 0.1) is 19.2 Å². The van der Waals surface area contributed by atoms with Gasteiger partial charge in [-0.2, -0.15) is 0 Å². The lowest BCUT2D eigenvalue weighted by Gasteiger charge is -2.15. The van der Waals surface area contributed by atoms with Crippen molar-refractivity contribution in [3.8, 4) is 5.75 Å². The van der Waals surface area contributed by atoms with Crippen molar-refractivity contribution in [1.82, 2.24) is 4.90 Å². The molecule has 0 bridgehead atoms. The average Bonchev–Trinajstić information content (AvgIpc) is 2.86. The van der Waals surface area contributed by atoms with Crippen molar-refractivity contribution in [2.24, 2.45) is 11.7 Å². The maximum Gasteiger partial charge on any atom is 0.180 e. The van der Waals surface area contributed by atoms with Crippen molar-refractivity contribution in [3.05, 3.63) is 29.6 Å². The second kappa shape index (κ2) is 6.12. The number of ketones is 1. The molecule has 1 aromatic carbocycles. The van der Waals surface area contributed by atoms with Crippen LogP contribution in [0.15, 0.2) is 18.2 Å². The minimum Gasteiger partial charge on any atom is -0.496 e. The van der Waals surface area contributed by atoms with Crippen LogP contribution in [0, 0.1) is 11.7 Å². The van der Waals surface area contributed by atoms with Crippen LogP contribution in [0.4, 0.5) is 4.39 Å². The summed E-state index contributed by atoms with van der Waals surface area (Å²) in [7, 11) is 1.48. The van der Waals surface area contributed by atoms with Gasteiger partial charge in [-0.15, -0.1) is 0 Å². The minimum atomic E-state index is -0.426. The van der Waals surface area contributed by atoms with Gasteiger partial charge in [-0.1, -0.05) is 0 Å². The highest BCUT2D eigenvalue weighted by Gasteiger charge is 2.24. The van der Waals surface area contributed by atoms with Crippen LogP contribution in [0.2, 0.25) is 0 Å². The summed E-state index contributed by atoms with van der Waals surface area (Å²) in [5.74, 6) is 0.336. The van der Waals surface area contributed by atoms with Crippen molar-refractivity contribution < 1.29 is 13.9 Å². The van der Waals surface area contributed by atoms with Gasteiger partial charge in [0.2, 0.25) is 0 Å². The molecule has 1 heterocycles. The van der Waals surface area contributed by atoms with Crippen LogP contribution in [0.3, 0.4) is 0 Å². The molecule has 1 aliphatic heterocycles. The van der Waals surface area contributed by atoms with E-state index < -0.39 is 5.82 Å². The normalized spacial score (nSPS) is 19.6. The van der Waals surface area contributed by atoms with E-state index in [2.05, 4.69) is 4.90 Å². The number of nitrogens with zero attached hydrogens (tertiary/aromatic N) is 1. The summed E-state index contributed by atoms with van der Waals surface area (Å²) in [6.07, 6.45) is 1.02. The number of carbonyl (C=O) groups is 1. The first kappa shape index (κ1) is 14.0. The molecule has 1 saturated heterocycles. The fraction of sp³-hybridized carbons (Fsp3) is 0.500. The smallest absolute Gasteiger partial charge is 0.180 e. The van der Waals surface area contributed by atoms with E-state index >= 15 is 0 Å². The Bertz CT molecular complexity index is 465. The van der Waals surface area contributed by atoms with Gasteiger partial charge >= 0.3 is 0 Å². The number of methoxy groups -OCH3 is 1. The van der Waals surface area contributed by atoms with Gasteiger partial charge in [-0.25, -0.2) is 4.39 Å². The fourth-order valence-electron chi connectivity index (χ4n) is 2.44. The third-order valence-electron chi connectivity index (χ3n) is 3.53. The molecule has 19 heavy (non-hydrogen) atoms. The van der Waals surface area contributed by atoms with Gasteiger partial charge in [-0.3, -0.25) is 9.69 Å². The first-order valence-corrected chi connectivity index (χ1v) is 6.43. The molecule has 2 rings (SSSR count). The Morgan fingerprint density at radius 3 is 3.00 bits per heavy atom. The second-order valence-corrected chi connectivity index (χ2v) is 4.89. The fourth-order valence-corrected chi connectivity index (χ4v) is 2.44. The predicted octanol–water partition coefficient (Wildman–Crippen LogP) is 1.30. The number of hydrogen-bond acceptors (Lipinski definition) is 4. The number of halogens is 1. The predicted molar refractivity (Wildman–Crippen MR) is 70.9 cm³/mol. The lowest BCUT2D eigenvalue weighted by molar-refractivity contribution is 0.0940. The minimum absolute atomic E-state index is 0.117. The van der Waals surface area contributed by atoms with E-state index in [1.54, 1.807) is 0 Å². The van der Waals surface area contributed by atoms with Crippen LogP contribution in [0.25, 0.3) is 0 Å². The largest absolute Gasteiger partial charge is 0.496 e. The summed E-state index contributed by atoms with van der Waals surface area (Å²) in [5.41, 5.74) is 5.93. The number of carbonyl (C=O) groups excluding carboxylic acids is 1. The summed E-state index contributed by atoms with van der Waals surface area (Å²) in [5, 5.41) is 0. The molecule has 0 saturated carbocycles. The molecule has 1 aromatic rings. The number of ether oxygens (including phenoxy) is 1. The first-order valence-electron chi connectivity index (χ1n) is 6.43. The molecule has 4 nitrogen and oxygen atoms in total. The SMILES string of the molecule is COc1ccc(F)cc1C(=O)CN1CCC(CN)C1. The second-order valence-electron chi connectivity index (χ2n) is 4.89. The zero-order chi connectivity index (χ0) is 13.8. The molecule has 5 heteroatoms. The van der Waals surface area contributed by atoms with Crippen LogP contribution in [-0.4, -0.2) is 44.0 Å². The Labute approximate surface area is 112 Å². The van der Waals surface area contributed by atoms with Crippen molar-refractivity contribution in [2.75, 3.05) is 33.3 Å². The molecule has 1 atom stereocenters. The first-order chi connectivity index (χ1) is 9.13. The van der Waals surface area contributed by atoms with E-state index in [9.17, 15) is 9.18 Å². The molecule has 2 N–H and O–H groups in total. The third kappa shape index (κ3) is 3.30. The molecule has 0 aromatic heterocycles. The maximum atomic E-state index is 13.2. The van der Waals surface area contributed by atoms with Crippen LogP contribution < -0.4 is 10.5 Å². The van der Waals surface area contributed by atoms with Gasteiger partial charge in [0, 0.05) is 6.54 Å². The van der Waals surface area contributed by atoms with Crippen LogP contribution in [-0.2, 0) is 0 Å². The number of nitrogens with two attached hydrogens (primary N) is 1. The summed E-state index contributed by atoms with van der Waals surface area (Å²) in [4.78, 5) is 14.3. The Hall–Kier alpha value is -1.46. The van der Waals surface area contributed by atoms with Crippen molar-refractivity contribution >= 4 is 5.78 Å². The zero-order valence-corrected chi connectivity index (χ0v) is 11.1. The van der Waals surface area contributed by atoms with E-state index in [1.165, 1.54) is 25.3 Å². The van der Waals surface area contributed by atoms with E-state index in [4.69, 9.17) is 10.5 Å². The van der Waals surface area contributed by atoms with E-state index in [-0.39, 0.29) is 12.3 Å². The van der Waals surface area contributed by atoms with Gasteiger partial charge in [0.1, 0.15) is 11.6 Å². The number of rotatable bonds is 5. The Kier molecular flexibility index (Phi) is 4.50. The molecule has 1 fully saturated rings. The average molecular weight is 266 g/mol. The molecule has 104 valence electrons. The van der Waals surface area contributed by atoms with Crippen molar-refractivity contribution in [1.29, 1.82) is 0 Å². The quantitative estimate of drug-likeness (QED) is 0.816. The van der Waals surface area contributed by atoms with Gasteiger partial charge in [0.15, 0.2) is 5.78 Å². The van der Waals surface area contributed by atoms with Crippen molar-refractivity contribution in [2.45, 2.75) is 6.42 Å². The summed E-state index contributed by atoms with van der Waals surface area (Å²) >= 11 is 0. The molecule has 1 aliphatic rings. The molecule has 0 amide bonds. The maximum absolute atomic E-state index is 13.2. The van der Waals surface area contributed by atoms with E-state index in [0.717, 1.165) is 19.5 Å². The van der Waals surface area contributed by atoms with Crippen molar-refractivity contribution in [3.63, 3.8) is 0 Å². The lowest BCUT2D eigenvalue weighted by Crippen LogP contribution is -2.29. The molecular weight excluding hydrogens is 247 g/mol. The number of likely N-dealkylation sites (tertiary alicyclic amines) is 1. The van der Waals surface area contributed by atoms with E-state index in [0.29, 0.717) is 23.8 Å². The highest BCUT2D eigenvalue weighted by atomic mass is 19.1. The van der Waals surface area contributed by atoms with Gasteiger partial charge in [-0.05, 0) is 43.6 Å². The highest BCUT2D eigenvalue weighted by molar-refractivity contribution is 6.00. The van der Waals surface area contributed by atoms with Crippen LogP contribution in [0.5, 0.6) is 5.75 Å². The summed E-state index contributed by atoms with van der Waals surface area (Å²) in [6.45, 7) is 2.63. The number of Topliss-reactive ketones (excluding diaryl/α,β-unsaturated/α-hetero) is 1. The number of benzene rings is 1. The molecular formula is C14H19FN2O2. The molecule has 0 radical (unpaired) electrons. The molecule has 0 aliphatic carbocycles. The highest BCUT2D eigenvalue weighted by Crippen LogP contribution is 2.21. The Balaban J connectivity index is 2.06. The van der Waals surface area contributed by atoms with E-state index in [1.807, 2.05) is 0 Å². The summed E-state index contributed by atoms with van der Waals surface area (Å²) in [6, 6.07) is 4.00. The lowest BCUT2D eigenvalue weighted by atomic mass is 10.1. The van der Waals surface area contributed by atoms with Gasteiger partial charge < -0.3 is 10.5 Å². The van der Waals surface area contributed by atoms with Gasteiger partial charge in [0.25, 0.3) is 0 Å². The van der Waals surface area contributed by atoms with Crippen LogP contribution in [0.1, 0.15) is 16.8 Å². The standard InChI is InChI=1S/C14H19FN2O2/c1-19-14-3-2-11(15)6-12(14)13(18)9-17-5-4-10(7-16)8-17/h2-3,6,10H,4-5,7-9,16H2,1H3. The third-order valence-corrected chi connectivity index (χ3v) is 3.53. The van der Waals surface area contributed by atoms with Crippen LogP contribution >= 0.6 is 0 Å². The zero-order valence-electron chi connectivity index (χ0n) is 11.1. The molecule has 0 spiro atoms. The Morgan fingerprint density at radius 1 is 1.58 bits per heavy atom. The summed E-state index contributed by atoms with van der Waals surface area (Å²) < 4.78 is 18.3. The Morgan fingerprint density at radius 2 is 2.37 bits per heavy atom. The molecule has 1 unspecified atom stereocenters. The number of hydrogen-bond donors (Lipinski definition) is 1.